The minimum atomic E-state index is -0.482. The van der Waals surface area contributed by atoms with Crippen molar-refractivity contribution >= 4 is 17.5 Å². The van der Waals surface area contributed by atoms with Gasteiger partial charge in [0.15, 0.2) is 0 Å². The third-order valence-electron chi connectivity index (χ3n) is 4.68. The largest absolute Gasteiger partial charge is 0.352 e. The minimum Gasteiger partial charge on any atom is -0.352 e. The second kappa shape index (κ2) is 5.58. The Labute approximate surface area is 129 Å². The maximum atomic E-state index is 13.2. The summed E-state index contributed by atoms with van der Waals surface area (Å²) < 4.78 is 13.2. The molecular weight excluding hydrogens is 291 g/mol. The van der Waals surface area contributed by atoms with Crippen LogP contribution >= 0.6 is 11.6 Å². The van der Waals surface area contributed by atoms with Crippen molar-refractivity contribution in [2.75, 3.05) is 26.2 Å². The smallest absolute Gasteiger partial charge is 0.251 e. The maximum absolute atomic E-state index is 13.2. The summed E-state index contributed by atoms with van der Waals surface area (Å²) in [6.07, 6.45) is 2.38. The lowest BCUT2D eigenvalue weighted by Gasteiger charge is -2.59. The van der Waals surface area contributed by atoms with Crippen molar-refractivity contribution in [1.82, 2.24) is 10.2 Å². The van der Waals surface area contributed by atoms with E-state index in [1.165, 1.54) is 44.1 Å². The summed E-state index contributed by atoms with van der Waals surface area (Å²) in [5.41, 5.74) is 0.808. The molecule has 1 aliphatic carbocycles. The van der Waals surface area contributed by atoms with Crippen LogP contribution in [0.4, 0.5) is 4.39 Å². The lowest BCUT2D eigenvalue weighted by molar-refractivity contribution is -0.0901. The molecule has 0 atom stereocenters. The Bertz CT molecular complexity index is 529. The second-order valence-corrected chi connectivity index (χ2v) is 6.88. The average Bonchev–Trinajstić information content (AvgIpc) is 2.33. The van der Waals surface area contributed by atoms with Crippen LogP contribution in [0.1, 0.15) is 30.1 Å². The number of benzene rings is 1. The van der Waals surface area contributed by atoms with Crippen molar-refractivity contribution in [3.63, 3.8) is 0 Å². The number of nitrogens with one attached hydrogen (secondary N) is 1. The van der Waals surface area contributed by atoms with E-state index >= 15 is 0 Å². The zero-order valence-electron chi connectivity index (χ0n) is 12.2. The Morgan fingerprint density at radius 1 is 1.43 bits per heavy atom. The van der Waals surface area contributed by atoms with Gasteiger partial charge in [0.05, 0.1) is 0 Å². The van der Waals surface area contributed by atoms with E-state index in [2.05, 4.69) is 17.1 Å². The van der Waals surface area contributed by atoms with E-state index in [-0.39, 0.29) is 16.5 Å². The van der Waals surface area contributed by atoms with Crippen molar-refractivity contribution in [2.45, 2.75) is 19.8 Å². The lowest BCUT2D eigenvalue weighted by Crippen LogP contribution is -2.63. The normalized spacial score (nSPS) is 20.9. The van der Waals surface area contributed by atoms with Gasteiger partial charge in [0.25, 0.3) is 5.91 Å². The van der Waals surface area contributed by atoms with Gasteiger partial charge in [-0.15, -0.1) is 0 Å². The molecule has 1 saturated carbocycles. The molecule has 1 N–H and O–H groups in total. The van der Waals surface area contributed by atoms with E-state index in [9.17, 15) is 9.18 Å². The fourth-order valence-corrected chi connectivity index (χ4v) is 3.94. The minimum absolute atomic E-state index is 0.247. The molecule has 0 bridgehead atoms. The molecule has 1 spiro atoms. The fraction of sp³-hybridized carbons (Fsp3) is 0.562. The zero-order chi connectivity index (χ0) is 15.0. The monoisotopic (exact) mass is 310 g/mol. The van der Waals surface area contributed by atoms with Crippen LogP contribution in [-0.2, 0) is 0 Å². The molecule has 21 heavy (non-hydrogen) atoms. The van der Waals surface area contributed by atoms with Crippen molar-refractivity contribution in [2.24, 2.45) is 11.3 Å². The predicted octanol–water partition coefficient (Wildman–Crippen LogP) is 2.94. The van der Waals surface area contributed by atoms with Gasteiger partial charge in [0.1, 0.15) is 5.82 Å². The van der Waals surface area contributed by atoms with Gasteiger partial charge in [-0.2, -0.15) is 0 Å². The maximum Gasteiger partial charge on any atom is 0.251 e. The van der Waals surface area contributed by atoms with Gasteiger partial charge in [-0.25, -0.2) is 4.39 Å². The van der Waals surface area contributed by atoms with E-state index in [1.807, 2.05) is 0 Å². The van der Waals surface area contributed by atoms with Crippen LogP contribution in [0.25, 0.3) is 0 Å². The molecule has 0 radical (unpaired) electrons. The zero-order valence-corrected chi connectivity index (χ0v) is 12.9. The van der Waals surface area contributed by atoms with Gasteiger partial charge in [-0.1, -0.05) is 18.5 Å². The number of nitrogens with zero attached hydrogens (tertiary/aromatic N) is 1. The molecule has 1 aromatic carbocycles. The van der Waals surface area contributed by atoms with Crippen LogP contribution in [-0.4, -0.2) is 37.0 Å². The molecule has 5 heteroatoms. The first-order valence-electron chi connectivity index (χ1n) is 7.46. The molecule has 1 aliphatic heterocycles. The molecule has 1 heterocycles. The highest BCUT2D eigenvalue weighted by molar-refractivity contribution is 6.31. The highest BCUT2D eigenvalue weighted by atomic mass is 35.5. The van der Waals surface area contributed by atoms with E-state index in [0.29, 0.717) is 17.9 Å². The average molecular weight is 311 g/mol. The summed E-state index contributed by atoms with van der Waals surface area (Å²) in [5.74, 6) is -0.178. The summed E-state index contributed by atoms with van der Waals surface area (Å²) in [6.45, 7) is 6.39. The molecule has 114 valence electrons. The van der Waals surface area contributed by atoms with Gasteiger partial charge < -0.3 is 10.2 Å². The third-order valence-corrected chi connectivity index (χ3v) is 4.90. The lowest BCUT2D eigenvalue weighted by atomic mass is 9.58. The predicted molar refractivity (Wildman–Crippen MR) is 81.0 cm³/mol. The van der Waals surface area contributed by atoms with E-state index in [4.69, 9.17) is 11.6 Å². The van der Waals surface area contributed by atoms with E-state index in [1.54, 1.807) is 0 Å². The van der Waals surface area contributed by atoms with E-state index < -0.39 is 5.82 Å². The molecule has 1 amide bonds. The number of likely N-dealkylation sites (tertiary alicyclic amines) is 1. The fourth-order valence-electron chi connectivity index (χ4n) is 3.72. The first kappa shape index (κ1) is 14.8. The third kappa shape index (κ3) is 3.06. The molecule has 3 nitrogen and oxygen atoms in total. The highest BCUT2D eigenvalue weighted by Gasteiger charge is 2.51. The number of amides is 1. The van der Waals surface area contributed by atoms with Crippen LogP contribution in [0, 0.1) is 17.2 Å². The first-order valence-corrected chi connectivity index (χ1v) is 7.84. The van der Waals surface area contributed by atoms with Crippen LogP contribution in [0.2, 0.25) is 5.02 Å². The second-order valence-electron chi connectivity index (χ2n) is 6.45. The molecule has 3 rings (SSSR count). The highest BCUT2D eigenvalue weighted by Crippen LogP contribution is 2.51. The summed E-state index contributed by atoms with van der Waals surface area (Å²) in [4.78, 5) is 14.4. The summed E-state index contributed by atoms with van der Waals surface area (Å²) in [5, 5.41) is 3.14. The van der Waals surface area contributed by atoms with Crippen molar-refractivity contribution in [1.29, 1.82) is 0 Å². The van der Waals surface area contributed by atoms with Crippen LogP contribution in [0.5, 0.6) is 0 Å². The van der Waals surface area contributed by atoms with Crippen LogP contribution in [0.3, 0.4) is 0 Å². The molecular formula is C16H20ClFN2O. The SMILES string of the molecule is CCN1CC2(CC(CNC(=O)c3cc(F)cc(Cl)c3)C2)C1. The molecule has 0 aromatic heterocycles. The molecule has 1 aromatic rings. The number of hydrogen-bond donors (Lipinski definition) is 1. The molecule has 1 saturated heterocycles. The Kier molecular flexibility index (Phi) is 3.93. The van der Waals surface area contributed by atoms with E-state index in [0.717, 1.165) is 6.54 Å². The first-order chi connectivity index (χ1) is 9.99. The standard InChI is InChI=1S/C16H20ClFN2O/c1-2-20-9-16(10-20)6-11(7-16)8-19-15(21)12-3-13(17)5-14(18)4-12/h3-5,11H,2,6-10H2,1H3,(H,19,21). The Hall–Kier alpha value is -1.13. The number of carbonyl (C=O) groups is 1. The summed E-state index contributed by atoms with van der Waals surface area (Å²) in [6, 6.07) is 3.91. The quantitative estimate of drug-likeness (QED) is 0.927. The Balaban J connectivity index is 1.45. The number of hydrogen-bond acceptors (Lipinski definition) is 2. The van der Waals surface area contributed by atoms with Crippen LogP contribution < -0.4 is 5.32 Å². The topological polar surface area (TPSA) is 32.3 Å². The summed E-state index contributed by atoms with van der Waals surface area (Å²) >= 11 is 5.76. The van der Waals surface area contributed by atoms with Crippen LogP contribution in [0.15, 0.2) is 18.2 Å². The van der Waals surface area contributed by atoms with Gasteiger partial charge >= 0.3 is 0 Å². The van der Waals surface area contributed by atoms with Gasteiger partial charge in [-0.3, -0.25) is 4.79 Å². The Morgan fingerprint density at radius 2 is 2.14 bits per heavy atom. The van der Waals surface area contributed by atoms with Crippen molar-refractivity contribution in [3.8, 4) is 0 Å². The van der Waals surface area contributed by atoms with Crippen molar-refractivity contribution < 1.29 is 9.18 Å². The number of carbonyl (C=O) groups excluding carboxylic acids is 1. The summed E-state index contributed by atoms with van der Waals surface area (Å²) in [7, 11) is 0. The number of rotatable bonds is 4. The van der Waals surface area contributed by atoms with Crippen molar-refractivity contribution in [3.05, 3.63) is 34.6 Å². The Morgan fingerprint density at radius 3 is 2.76 bits per heavy atom. The molecule has 2 aliphatic rings. The molecule has 0 unspecified atom stereocenters. The van der Waals surface area contributed by atoms with Gasteiger partial charge in [0, 0.05) is 30.2 Å². The number of halogens is 2. The molecule has 2 fully saturated rings. The van der Waals surface area contributed by atoms with Gasteiger partial charge in [-0.05, 0) is 48.9 Å². The van der Waals surface area contributed by atoms with Gasteiger partial charge in [0.2, 0.25) is 0 Å².